The van der Waals surface area contributed by atoms with Crippen molar-refractivity contribution in [3.05, 3.63) is 58.6 Å². The van der Waals surface area contributed by atoms with E-state index >= 15 is 0 Å². The summed E-state index contributed by atoms with van der Waals surface area (Å²) in [5.74, 6) is -13.3. The highest BCUT2D eigenvalue weighted by molar-refractivity contribution is 6.16. The predicted octanol–water partition coefficient (Wildman–Crippen LogP) is 4.07. The lowest BCUT2D eigenvalue weighted by atomic mass is 10.0. The van der Waals surface area contributed by atoms with Crippen LogP contribution in [0.25, 0.3) is 11.0 Å². The van der Waals surface area contributed by atoms with E-state index in [2.05, 4.69) is 0 Å². The van der Waals surface area contributed by atoms with Crippen LogP contribution in [0.5, 0.6) is 11.5 Å². The normalized spacial score (nSPS) is 11.1. The Morgan fingerprint density at radius 1 is 1.00 bits per heavy atom. The average molecular weight is 358 g/mol. The molecule has 1 heterocycles. The van der Waals surface area contributed by atoms with E-state index in [4.69, 9.17) is 9.15 Å². The van der Waals surface area contributed by atoms with E-state index in [1.54, 1.807) is 0 Å². The third-order valence-electron chi connectivity index (χ3n) is 3.58. The zero-order chi connectivity index (χ0) is 18.5. The topological polar surface area (TPSA) is 59.7 Å². The number of methoxy groups -OCH3 is 1. The Labute approximate surface area is 136 Å². The van der Waals surface area contributed by atoms with Crippen LogP contribution in [0.3, 0.4) is 0 Å². The van der Waals surface area contributed by atoms with E-state index in [0.29, 0.717) is 0 Å². The van der Waals surface area contributed by atoms with Gasteiger partial charge in [0.25, 0.3) is 0 Å². The lowest BCUT2D eigenvalue weighted by Crippen LogP contribution is -2.13. The first-order valence-electron chi connectivity index (χ1n) is 6.62. The van der Waals surface area contributed by atoms with Crippen LogP contribution < -0.4 is 4.74 Å². The molecule has 0 radical (unpaired) electrons. The van der Waals surface area contributed by atoms with E-state index in [1.165, 1.54) is 19.2 Å². The number of carbonyl (C=O) groups excluding carboxylic acids is 1. The minimum atomic E-state index is -2.37. The van der Waals surface area contributed by atoms with Gasteiger partial charge in [0, 0.05) is 5.39 Å². The molecule has 0 aliphatic heterocycles. The van der Waals surface area contributed by atoms with Gasteiger partial charge in [0.2, 0.25) is 17.3 Å². The minimum Gasteiger partial charge on any atom is -0.502 e. The summed E-state index contributed by atoms with van der Waals surface area (Å²) in [7, 11) is 1.25. The molecule has 0 atom stereocenters. The maximum absolute atomic E-state index is 13.8. The van der Waals surface area contributed by atoms with Crippen molar-refractivity contribution in [2.45, 2.75) is 0 Å². The number of hydrogen-bond donors (Lipinski definition) is 1. The van der Waals surface area contributed by atoms with Gasteiger partial charge < -0.3 is 14.3 Å². The summed E-state index contributed by atoms with van der Waals surface area (Å²) in [6.45, 7) is 0. The molecule has 0 fully saturated rings. The summed E-state index contributed by atoms with van der Waals surface area (Å²) in [5.41, 5.74) is -2.35. The number of phenols is 1. The molecular weight excluding hydrogens is 351 g/mol. The van der Waals surface area contributed by atoms with E-state index < -0.39 is 51.7 Å². The van der Waals surface area contributed by atoms with Crippen LogP contribution in [0.4, 0.5) is 22.0 Å². The fourth-order valence-corrected chi connectivity index (χ4v) is 2.35. The second-order valence-corrected chi connectivity index (χ2v) is 4.92. The van der Waals surface area contributed by atoms with Crippen molar-refractivity contribution in [1.82, 2.24) is 0 Å². The SMILES string of the molecule is COc1ccc2c(C(=O)c3c(F)c(F)c(F)c(F)c3F)coc2c1O. The number of halogens is 5. The quantitative estimate of drug-likeness (QED) is 0.332. The van der Waals surface area contributed by atoms with Crippen LogP contribution in [0.1, 0.15) is 15.9 Å². The number of furan rings is 1. The highest BCUT2D eigenvalue weighted by atomic mass is 19.2. The van der Waals surface area contributed by atoms with E-state index in [9.17, 15) is 31.9 Å². The van der Waals surface area contributed by atoms with Gasteiger partial charge in [-0.2, -0.15) is 0 Å². The second kappa shape index (κ2) is 5.76. The molecular formula is C16H7F5O4. The highest BCUT2D eigenvalue weighted by Crippen LogP contribution is 2.38. The van der Waals surface area contributed by atoms with Gasteiger partial charge in [0.15, 0.2) is 34.6 Å². The molecule has 0 aliphatic carbocycles. The average Bonchev–Trinajstić information content (AvgIpc) is 3.03. The molecule has 130 valence electrons. The lowest BCUT2D eigenvalue weighted by molar-refractivity contribution is 0.102. The third-order valence-corrected chi connectivity index (χ3v) is 3.58. The number of fused-ring (bicyclic) bond motifs is 1. The molecule has 0 saturated carbocycles. The molecule has 1 aromatic heterocycles. The third kappa shape index (κ3) is 2.31. The van der Waals surface area contributed by atoms with Crippen molar-refractivity contribution in [3.8, 4) is 11.5 Å². The summed E-state index contributed by atoms with van der Waals surface area (Å²) in [6, 6.07) is 2.47. The van der Waals surface area contributed by atoms with E-state index in [-0.39, 0.29) is 16.7 Å². The van der Waals surface area contributed by atoms with Crippen LogP contribution in [-0.2, 0) is 0 Å². The Kier molecular flexibility index (Phi) is 3.86. The summed E-state index contributed by atoms with van der Waals surface area (Å²) >= 11 is 0. The van der Waals surface area contributed by atoms with Crippen LogP contribution in [-0.4, -0.2) is 18.0 Å². The molecule has 2 aromatic carbocycles. The van der Waals surface area contributed by atoms with E-state index in [1.807, 2.05) is 0 Å². The molecule has 0 spiro atoms. The first-order chi connectivity index (χ1) is 11.8. The molecule has 1 N–H and O–H groups in total. The summed E-state index contributed by atoms with van der Waals surface area (Å²) in [5, 5.41) is 9.81. The number of carbonyl (C=O) groups is 1. The summed E-state index contributed by atoms with van der Waals surface area (Å²) < 4.78 is 77.1. The number of benzene rings is 2. The van der Waals surface area contributed by atoms with Gasteiger partial charge in [-0.15, -0.1) is 0 Å². The predicted molar refractivity (Wildman–Crippen MR) is 74.1 cm³/mol. The standard InChI is InChI=1S/C16H7F5O4/c1-24-7-3-2-5-6(4-25-16(5)15(7)23)14(22)8-9(17)11(19)13(21)12(20)10(8)18/h2-4,23H,1H3. The first kappa shape index (κ1) is 16.7. The van der Waals surface area contributed by atoms with Crippen LogP contribution in [0.2, 0.25) is 0 Å². The van der Waals surface area contributed by atoms with Crippen LogP contribution in [0.15, 0.2) is 22.8 Å². The largest absolute Gasteiger partial charge is 0.502 e. The van der Waals surface area contributed by atoms with Crippen molar-refractivity contribution in [1.29, 1.82) is 0 Å². The van der Waals surface area contributed by atoms with Crippen LogP contribution >= 0.6 is 0 Å². The number of ketones is 1. The molecule has 0 unspecified atom stereocenters. The highest BCUT2D eigenvalue weighted by Gasteiger charge is 2.32. The number of phenolic OH excluding ortho intramolecular Hbond substituents is 1. The second-order valence-electron chi connectivity index (χ2n) is 4.92. The molecule has 9 heteroatoms. The van der Waals surface area contributed by atoms with Crippen molar-refractivity contribution < 1.29 is 41.0 Å². The Morgan fingerprint density at radius 2 is 1.56 bits per heavy atom. The Balaban J connectivity index is 2.24. The molecule has 25 heavy (non-hydrogen) atoms. The summed E-state index contributed by atoms with van der Waals surface area (Å²) in [4.78, 5) is 12.3. The molecule has 0 aliphatic rings. The Morgan fingerprint density at radius 3 is 2.12 bits per heavy atom. The summed E-state index contributed by atoms with van der Waals surface area (Å²) in [6.07, 6.45) is 0.740. The zero-order valence-corrected chi connectivity index (χ0v) is 12.3. The number of aromatic hydroxyl groups is 1. The Bertz CT molecular complexity index is 996. The van der Waals surface area contributed by atoms with Gasteiger partial charge in [-0.1, -0.05) is 0 Å². The Hall–Kier alpha value is -3.10. The van der Waals surface area contributed by atoms with Crippen LogP contribution in [0, 0.1) is 29.1 Å². The van der Waals surface area contributed by atoms with Gasteiger partial charge in [0.1, 0.15) is 11.8 Å². The lowest BCUT2D eigenvalue weighted by Gasteiger charge is -2.07. The molecule has 4 nitrogen and oxygen atoms in total. The van der Waals surface area contributed by atoms with Gasteiger partial charge in [-0.05, 0) is 12.1 Å². The van der Waals surface area contributed by atoms with Gasteiger partial charge >= 0.3 is 0 Å². The van der Waals surface area contributed by atoms with Crippen molar-refractivity contribution >= 4 is 16.8 Å². The molecule has 3 rings (SSSR count). The maximum atomic E-state index is 13.8. The number of hydrogen-bond acceptors (Lipinski definition) is 4. The van der Waals surface area contributed by atoms with Crippen molar-refractivity contribution in [3.63, 3.8) is 0 Å². The van der Waals surface area contributed by atoms with Crippen molar-refractivity contribution in [2.24, 2.45) is 0 Å². The molecule has 0 saturated heterocycles. The fraction of sp³-hybridized carbons (Fsp3) is 0.0625. The van der Waals surface area contributed by atoms with Gasteiger partial charge in [-0.3, -0.25) is 4.79 Å². The monoisotopic (exact) mass is 358 g/mol. The van der Waals surface area contributed by atoms with Gasteiger partial charge in [0.05, 0.1) is 12.7 Å². The smallest absolute Gasteiger partial charge is 0.203 e. The fourth-order valence-electron chi connectivity index (χ4n) is 2.35. The maximum Gasteiger partial charge on any atom is 0.203 e. The molecule has 0 bridgehead atoms. The molecule has 3 aromatic rings. The number of ether oxygens (including phenoxy) is 1. The van der Waals surface area contributed by atoms with Crippen molar-refractivity contribution in [2.75, 3.05) is 7.11 Å². The van der Waals surface area contributed by atoms with Gasteiger partial charge in [-0.25, -0.2) is 22.0 Å². The van der Waals surface area contributed by atoms with E-state index in [0.717, 1.165) is 6.26 Å². The minimum absolute atomic E-state index is 0.00270. The molecule has 0 amide bonds. The first-order valence-corrected chi connectivity index (χ1v) is 6.62. The zero-order valence-electron chi connectivity index (χ0n) is 12.3. The number of rotatable bonds is 3.